The van der Waals surface area contributed by atoms with Crippen LogP contribution in [0.5, 0.6) is 0 Å². The van der Waals surface area contributed by atoms with Crippen LogP contribution in [-0.4, -0.2) is 9.61 Å². The molecule has 0 amide bonds. The first-order chi connectivity index (χ1) is 9.20. The molecular weight excluding hydrogens is 302 g/mol. The normalized spacial score (nSPS) is 19.2. The van der Waals surface area contributed by atoms with E-state index < -0.39 is 0 Å². The molecule has 0 saturated carbocycles. The topological polar surface area (TPSA) is 41.1 Å². The van der Waals surface area contributed by atoms with Crippen molar-refractivity contribution in [1.29, 1.82) is 5.26 Å². The molecule has 0 aromatic carbocycles. The number of aryl methyl sites for hydroxylation is 1. The summed E-state index contributed by atoms with van der Waals surface area (Å²) in [6.45, 7) is 2.13. The molecule has 0 bridgehead atoms. The van der Waals surface area contributed by atoms with Crippen molar-refractivity contribution in [3.8, 4) is 6.07 Å². The van der Waals surface area contributed by atoms with E-state index in [-0.39, 0.29) is 5.92 Å². The first kappa shape index (κ1) is 12.4. The molecule has 0 saturated heterocycles. The van der Waals surface area contributed by atoms with Crippen LogP contribution < -0.4 is 0 Å². The largest absolute Gasteiger partial charge is 0.239 e. The van der Waals surface area contributed by atoms with Crippen molar-refractivity contribution in [2.24, 2.45) is 5.92 Å². The zero-order valence-electron chi connectivity index (χ0n) is 10.7. The van der Waals surface area contributed by atoms with E-state index in [0.29, 0.717) is 0 Å². The molecule has 4 heteroatoms. The number of aromatic nitrogens is 2. The number of allylic oxidation sites excluding steroid dienone is 2. The molecule has 0 fully saturated rings. The van der Waals surface area contributed by atoms with E-state index in [0.717, 1.165) is 29.3 Å². The number of rotatable bonds is 1. The highest BCUT2D eigenvalue weighted by Crippen LogP contribution is 2.36. The minimum Gasteiger partial charge on any atom is -0.239 e. The maximum atomic E-state index is 8.98. The van der Waals surface area contributed by atoms with Gasteiger partial charge in [-0.1, -0.05) is 6.08 Å². The fraction of sp³-hybridized carbons (Fsp3) is 0.333. The standard InChI is InChI=1S/C15H14BrN3/c1-10-6-7-19-15(13(16)9-18-19)14(10)12-4-2-11(8-17)3-5-12/h4,6-7,9,11H,2-3,5H2,1H3. The fourth-order valence-electron chi connectivity index (χ4n) is 2.72. The molecule has 96 valence electrons. The predicted octanol–water partition coefficient (Wildman–Crippen LogP) is 4.11. The third kappa shape index (κ3) is 2.08. The number of nitrogens with zero attached hydrogens (tertiary/aromatic N) is 3. The average Bonchev–Trinajstić information content (AvgIpc) is 2.81. The molecule has 0 aliphatic heterocycles. The molecule has 2 aromatic rings. The van der Waals surface area contributed by atoms with Gasteiger partial charge in [-0.05, 0) is 59.3 Å². The fourth-order valence-corrected chi connectivity index (χ4v) is 3.20. The van der Waals surface area contributed by atoms with Gasteiger partial charge in [0.1, 0.15) is 0 Å². The third-order valence-electron chi connectivity index (χ3n) is 3.76. The Kier molecular flexibility index (Phi) is 3.16. The van der Waals surface area contributed by atoms with E-state index in [9.17, 15) is 0 Å². The predicted molar refractivity (Wildman–Crippen MR) is 78.6 cm³/mol. The molecule has 19 heavy (non-hydrogen) atoms. The zero-order chi connectivity index (χ0) is 13.4. The lowest BCUT2D eigenvalue weighted by Gasteiger charge is -2.19. The van der Waals surface area contributed by atoms with Crippen molar-refractivity contribution in [2.45, 2.75) is 26.2 Å². The van der Waals surface area contributed by atoms with E-state index in [1.165, 1.54) is 16.7 Å². The van der Waals surface area contributed by atoms with Gasteiger partial charge in [-0.2, -0.15) is 10.4 Å². The Morgan fingerprint density at radius 3 is 3.05 bits per heavy atom. The highest BCUT2D eigenvalue weighted by molar-refractivity contribution is 9.10. The van der Waals surface area contributed by atoms with Crippen LogP contribution in [0.4, 0.5) is 0 Å². The Morgan fingerprint density at radius 2 is 2.37 bits per heavy atom. The summed E-state index contributed by atoms with van der Waals surface area (Å²) >= 11 is 3.58. The lowest BCUT2D eigenvalue weighted by molar-refractivity contribution is 0.604. The van der Waals surface area contributed by atoms with Gasteiger partial charge in [-0.15, -0.1) is 0 Å². The molecule has 0 radical (unpaired) electrons. The molecule has 3 rings (SSSR count). The van der Waals surface area contributed by atoms with Gasteiger partial charge in [-0.3, -0.25) is 0 Å². The number of pyridine rings is 1. The first-order valence-corrected chi connectivity index (χ1v) is 7.21. The molecule has 0 N–H and O–H groups in total. The maximum absolute atomic E-state index is 8.98. The van der Waals surface area contributed by atoms with Gasteiger partial charge in [0.05, 0.1) is 28.2 Å². The Hall–Kier alpha value is -1.60. The van der Waals surface area contributed by atoms with Gasteiger partial charge in [0.2, 0.25) is 0 Å². The summed E-state index contributed by atoms with van der Waals surface area (Å²) in [5, 5.41) is 13.3. The molecule has 3 nitrogen and oxygen atoms in total. The number of nitriles is 1. The van der Waals surface area contributed by atoms with Crippen LogP contribution in [0, 0.1) is 24.2 Å². The molecule has 1 aliphatic carbocycles. The van der Waals surface area contributed by atoms with Crippen molar-refractivity contribution < 1.29 is 0 Å². The lowest BCUT2D eigenvalue weighted by Crippen LogP contribution is -2.05. The van der Waals surface area contributed by atoms with Crippen molar-refractivity contribution in [3.05, 3.63) is 40.1 Å². The molecule has 1 unspecified atom stereocenters. The third-order valence-corrected chi connectivity index (χ3v) is 4.34. The van der Waals surface area contributed by atoms with Crippen LogP contribution in [0.25, 0.3) is 11.1 Å². The van der Waals surface area contributed by atoms with Gasteiger partial charge in [-0.25, -0.2) is 4.52 Å². The Morgan fingerprint density at radius 1 is 1.53 bits per heavy atom. The monoisotopic (exact) mass is 315 g/mol. The number of fused-ring (bicyclic) bond motifs is 1. The molecule has 2 heterocycles. The SMILES string of the molecule is Cc1ccn2ncc(Br)c2c1C1=CCC(C#N)CC1. The molecule has 0 spiro atoms. The Balaban J connectivity index is 2.15. The zero-order valence-corrected chi connectivity index (χ0v) is 12.3. The summed E-state index contributed by atoms with van der Waals surface area (Å²) in [5.41, 5.74) is 5.00. The van der Waals surface area contributed by atoms with Crippen LogP contribution in [-0.2, 0) is 0 Å². The van der Waals surface area contributed by atoms with E-state index in [4.69, 9.17) is 5.26 Å². The molecule has 1 aliphatic rings. The van der Waals surface area contributed by atoms with Crippen molar-refractivity contribution in [3.63, 3.8) is 0 Å². The summed E-state index contributed by atoms with van der Waals surface area (Å²) in [6, 6.07) is 4.46. The van der Waals surface area contributed by atoms with Crippen LogP contribution in [0.3, 0.4) is 0 Å². The van der Waals surface area contributed by atoms with Gasteiger partial charge >= 0.3 is 0 Å². The highest BCUT2D eigenvalue weighted by Gasteiger charge is 2.19. The van der Waals surface area contributed by atoms with Crippen molar-refractivity contribution in [2.75, 3.05) is 0 Å². The Bertz CT molecular complexity index is 706. The second-order valence-electron chi connectivity index (χ2n) is 4.99. The number of halogens is 1. The van der Waals surface area contributed by atoms with Gasteiger partial charge < -0.3 is 0 Å². The van der Waals surface area contributed by atoms with E-state index in [1.807, 2.05) is 16.9 Å². The summed E-state index contributed by atoms with van der Waals surface area (Å²) < 4.78 is 2.93. The summed E-state index contributed by atoms with van der Waals surface area (Å²) in [7, 11) is 0. The first-order valence-electron chi connectivity index (χ1n) is 6.42. The van der Waals surface area contributed by atoms with E-state index in [1.54, 1.807) is 0 Å². The number of hydrogen-bond acceptors (Lipinski definition) is 2. The minimum atomic E-state index is 0.178. The van der Waals surface area contributed by atoms with Crippen LogP contribution in [0.1, 0.15) is 30.4 Å². The van der Waals surface area contributed by atoms with E-state index >= 15 is 0 Å². The van der Waals surface area contributed by atoms with Gasteiger partial charge in [0.25, 0.3) is 0 Å². The van der Waals surface area contributed by atoms with Crippen molar-refractivity contribution >= 4 is 27.0 Å². The highest BCUT2D eigenvalue weighted by atomic mass is 79.9. The quantitative estimate of drug-likeness (QED) is 0.794. The summed E-state index contributed by atoms with van der Waals surface area (Å²) in [6.07, 6.45) is 8.82. The molecule has 1 atom stereocenters. The summed E-state index contributed by atoms with van der Waals surface area (Å²) in [5.74, 6) is 0.178. The lowest BCUT2D eigenvalue weighted by atomic mass is 9.86. The smallest absolute Gasteiger partial charge is 0.0881 e. The van der Waals surface area contributed by atoms with Crippen LogP contribution >= 0.6 is 15.9 Å². The van der Waals surface area contributed by atoms with Crippen LogP contribution in [0.15, 0.2) is 29.0 Å². The minimum absolute atomic E-state index is 0.178. The van der Waals surface area contributed by atoms with Crippen molar-refractivity contribution in [1.82, 2.24) is 9.61 Å². The Labute approximate surface area is 120 Å². The summed E-state index contributed by atoms with van der Waals surface area (Å²) in [4.78, 5) is 0. The van der Waals surface area contributed by atoms with E-state index in [2.05, 4.69) is 46.2 Å². The van der Waals surface area contributed by atoms with Gasteiger partial charge in [0, 0.05) is 11.8 Å². The maximum Gasteiger partial charge on any atom is 0.0881 e. The molecular formula is C15H14BrN3. The van der Waals surface area contributed by atoms with Crippen LogP contribution in [0.2, 0.25) is 0 Å². The second kappa shape index (κ2) is 4.82. The average molecular weight is 316 g/mol. The second-order valence-corrected chi connectivity index (χ2v) is 5.84. The number of hydrogen-bond donors (Lipinski definition) is 0. The molecule has 2 aromatic heterocycles. The van der Waals surface area contributed by atoms with Gasteiger partial charge in [0.15, 0.2) is 0 Å².